The molecule has 0 aliphatic carbocycles. The fourth-order valence-corrected chi connectivity index (χ4v) is 1.57. The second kappa shape index (κ2) is 5.96. The number of ether oxygens (including phenoxy) is 2. The number of nitrogens with two attached hydrogens (primary N) is 1. The third-order valence-corrected chi connectivity index (χ3v) is 2.46. The molecule has 0 amide bonds. The lowest BCUT2D eigenvalue weighted by Gasteiger charge is -2.12. The van der Waals surface area contributed by atoms with Crippen LogP contribution in [0.3, 0.4) is 0 Å². The second-order valence-electron chi connectivity index (χ2n) is 3.93. The number of nitrogen functional groups attached to an aromatic ring is 1. The summed E-state index contributed by atoms with van der Waals surface area (Å²) in [5, 5.41) is 0. The first-order valence-corrected chi connectivity index (χ1v) is 6.05. The number of benzene rings is 2. The zero-order chi connectivity index (χ0) is 12.8. The zero-order valence-corrected chi connectivity index (χ0v) is 10.4. The summed E-state index contributed by atoms with van der Waals surface area (Å²) in [6.45, 7) is 2.71. The van der Waals surface area contributed by atoms with E-state index in [1.807, 2.05) is 48.5 Å². The van der Waals surface area contributed by atoms with Crippen molar-refractivity contribution in [2.24, 2.45) is 0 Å². The highest BCUT2D eigenvalue weighted by molar-refractivity contribution is 5.63. The van der Waals surface area contributed by atoms with Crippen molar-refractivity contribution in [3.63, 3.8) is 0 Å². The minimum atomic E-state index is 0.537. The molecule has 2 aromatic carbocycles. The molecular formula is C15H17NO2. The van der Waals surface area contributed by atoms with Gasteiger partial charge in [0.1, 0.15) is 17.2 Å². The number of hydrogen-bond acceptors (Lipinski definition) is 3. The Labute approximate surface area is 107 Å². The van der Waals surface area contributed by atoms with Gasteiger partial charge in [-0.05, 0) is 30.7 Å². The van der Waals surface area contributed by atoms with E-state index in [1.165, 1.54) is 0 Å². The zero-order valence-electron chi connectivity index (χ0n) is 10.4. The van der Waals surface area contributed by atoms with Crippen molar-refractivity contribution in [1.82, 2.24) is 0 Å². The van der Waals surface area contributed by atoms with Crippen LogP contribution in [-0.2, 0) is 0 Å². The summed E-state index contributed by atoms with van der Waals surface area (Å²) in [6, 6.07) is 15.1. The summed E-state index contributed by atoms with van der Waals surface area (Å²) in [6.07, 6.45) is 0.948. The summed E-state index contributed by atoms with van der Waals surface area (Å²) in [4.78, 5) is 0. The Morgan fingerprint density at radius 3 is 2.39 bits per heavy atom. The van der Waals surface area contributed by atoms with E-state index in [2.05, 4.69) is 6.92 Å². The Morgan fingerprint density at radius 2 is 1.67 bits per heavy atom. The van der Waals surface area contributed by atoms with Crippen molar-refractivity contribution in [1.29, 1.82) is 0 Å². The quantitative estimate of drug-likeness (QED) is 0.811. The molecule has 3 heteroatoms. The van der Waals surface area contributed by atoms with Crippen molar-refractivity contribution < 1.29 is 9.47 Å². The van der Waals surface area contributed by atoms with Gasteiger partial charge >= 0.3 is 0 Å². The lowest BCUT2D eigenvalue weighted by atomic mass is 10.2. The Hall–Kier alpha value is -2.16. The van der Waals surface area contributed by atoms with Gasteiger partial charge in [0.15, 0.2) is 5.75 Å². The minimum absolute atomic E-state index is 0.537. The van der Waals surface area contributed by atoms with E-state index in [9.17, 15) is 0 Å². The summed E-state index contributed by atoms with van der Waals surface area (Å²) < 4.78 is 11.3. The summed E-state index contributed by atoms with van der Waals surface area (Å²) in [5.74, 6) is 2.05. The molecule has 0 atom stereocenters. The van der Waals surface area contributed by atoms with Crippen LogP contribution in [0.2, 0.25) is 0 Å². The molecule has 94 valence electrons. The van der Waals surface area contributed by atoms with Gasteiger partial charge in [-0.15, -0.1) is 0 Å². The van der Waals surface area contributed by atoms with Crippen molar-refractivity contribution in [2.75, 3.05) is 12.3 Å². The first kappa shape index (κ1) is 12.3. The van der Waals surface area contributed by atoms with Gasteiger partial charge < -0.3 is 15.2 Å². The molecule has 0 aliphatic rings. The highest BCUT2D eigenvalue weighted by Crippen LogP contribution is 2.34. The van der Waals surface area contributed by atoms with Gasteiger partial charge in [0.05, 0.1) is 6.61 Å². The van der Waals surface area contributed by atoms with Crippen LogP contribution < -0.4 is 15.2 Å². The van der Waals surface area contributed by atoms with E-state index in [0.29, 0.717) is 23.8 Å². The van der Waals surface area contributed by atoms with E-state index < -0.39 is 0 Å². The van der Waals surface area contributed by atoms with Crippen LogP contribution in [0.25, 0.3) is 0 Å². The number of rotatable bonds is 5. The second-order valence-corrected chi connectivity index (χ2v) is 3.93. The lowest BCUT2D eigenvalue weighted by molar-refractivity contribution is 0.318. The van der Waals surface area contributed by atoms with Gasteiger partial charge in [0.25, 0.3) is 0 Å². The highest BCUT2D eigenvalue weighted by atomic mass is 16.5. The molecule has 2 N–H and O–H groups in total. The van der Waals surface area contributed by atoms with E-state index in [4.69, 9.17) is 15.2 Å². The van der Waals surface area contributed by atoms with Crippen LogP contribution >= 0.6 is 0 Å². The van der Waals surface area contributed by atoms with Crippen LogP contribution in [-0.4, -0.2) is 6.61 Å². The highest BCUT2D eigenvalue weighted by Gasteiger charge is 2.07. The first-order chi connectivity index (χ1) is 8.81. The largest absolute Gasteiger partial charge is 0.491 e. The molecule has 2 rings (SSSR count). The van der Waals surface area contributed by atoms with E-state index in [1.54, 1.807) is 0 Å². The van der Waals surface area contributed by atoms with E-state index in [0.717, 1.165) is 12.2 Å². The topological polar surface area (TPSA) is 44.5 Å². The molecule has 2 aromatic rings. The van der Waals surface area contributed by atoms with Crippen LogP contribution in [0.1, 0.15) is 13.3 Å². The van der Waals surface area contributed by atoms with Crippen molar-refractivity contribution in [3.8, 4) is 17.2 Å². The van der Waals surface area contributed by atoms with E-state index in [-0.39, 0.29) is 0 Å². The lowest BCUT2D eigenvalue weighted by Crippen LogP contribution is -2.00. The van der Waals surface area contributed by atoms with Crippen molar-refractivity contribution >= 4 is 5.69 Å². The van der Waals surface area contributed by atoms with Crippen LogP contribution in [0.4, 0.5) is 5.69 Å². The predicted molar refractivity (Wildman–Crippen MR) is 73.2 cm³/mol. The van der Waals surface area contributed by atoms with Gasteiger partial charge in [-0.1, -0.05) is 31.2 Å². The molecule has 0 unspecified atom stereocenters. The average Bonchev–Trinajstić information content (AvgIpc) is 2.41. The van der Waals surface area contributed by atoms with Crippen LogP contribution in [0, 0.1) is 0 Å². The van der Waals surface area contributed by atoms with Crippen molar-refractivity contribution in [3.05, 3.63) is 48.5 Å². The molecule has 0 heterocycles. The molecule has 0 aliphatic heterocycles. The van der Waals surface area contributed by atoms with Crippen LogP contribution in [0.15, 0.2) is 48.5 Å². The van der Waals surface area contributed by atoms with Crippen LogP contribution in [0.5, 0.6) is 17.2 Å². The maximum absolute atomic E-state index is 6.02. The van der Waals surface area contributed by atoms with Gasteiger partial charge in [-0.2, -0.15) is 0 Å². The number of anilines is 1. The molecule has 18 heavy (non-hydrogen) atoms. The van der Waals surface area contributed by atoms with E-state index >= 15 is 0 Å². The minimum Gasteiger partial charge on any atom is -0.491 e. The summed E-state index contributed by atoms with van der Waals surface area (Å²) >= 11 is 0. The molecule has 0 fully saturated rings. The van der Waals surface area contributed by atoms with Gasteiger partial charge in [0, 0.05) is 0 Å². The third-order valence-electron chi connectivity index (χ3n) is 2.46. The monoisotopic (exact) mass is 243 g/mol. The van der Waals surface area contributed by atoms with Crippen molar-refractivity contribution in [2.45, 2.75) is 13.3 Å². The Balaban J connectivity index is 2.18. The molecular weight excluding hydrogens is 226 g/mol. The summed E-state index contributed by atoms with van der Waals surface area (Å²) in [7, 11) is 0. The molecule has 3 nitrogen and oxygen atoms in total. The van der Waals surface area contributed by atoms with Gasteiger partial charge in [-0.3, -0.25) is 0 Å². The standard InChI is InChI=1S/C15H17NO2/c1-2-11-17-13-9-6-10-14(15(13)16)18-12-7-4-3-5-8-12/h3-10H,2,11,16H2,1H3. The third kappa shape index (κ3) is 2.94. The Bertz CT molecular complexity index is 497. The van der Waals surface area contributed by atoms with Gasteiger partial charge in [0.2, 0.25) is 0 Å². The number of para-hydroxylation sites is 2. The maximum atomic E-state index is 6.02. The fraction of sp³-hybridized carbons (Fsp3) is 0.200. The molecule has 0 saturated carbocycles. The molecule has 0 aromatic heterocycles. The maximum Gasteiger partial charge on any atom is 0.154 e. The first-order valence-electron chi connectivity index (χ1n) is 6.05. The molecule has 0 bridgehead atoms. The fourth-order valence-electron chi connectivity index (χ4n) is 1.57. The predicted octanol–water partition coefficient (Wildman–Crippen LogP) is 3.85. The molecule has 0 spiro atoms. The smallest absolute Gasteiger partial charge is 0.154 e. The molecule has 0 saturated heterocycles. The van der Waals surface area contributed by atoms with Gasteiger partial charge in [-0.25, -0.2) is 0 Å². The number of hydrogen-bond donors (Lipinski definition) is 1. The normalized spacial score (nSPS) is 10.1. The molecule has 0 radical (unpaired) electrons. The Morgan fingerprint density at radius 1 is 0.944 bits per heavy atom. The SMILES string of the molecule is CCCOc1cccc(Oc2ccccc2)c1N. The Kier molecular flexibility index (Phi) is 4.07. The average molecular weight is 243 g/mol. The summed E-state index contributed by atoms with van der Waals surface area (Å²) in [5.41, 5.74) is 6.56.